The van der Waals surface area contributed by atoms with E-state index in [4.69, 9.17) is 51.6 Å². The van der Waals surface area contributed by atoms with Crippen LogP contribution in [-0.4, -0.2) is 263 Å². The first-order chi connectivity index (χ1) is 40.1. The van der Waals surface area contributed by atoms with Gasteiger partial charge in [0, 0.05) is 12.8 Å². The predicted octanol–water partition coefficient (Wildman–Crippen LogP) is -5.63. The minimum atomic E-state index is -5.15. The number of hydrogen-bond donors (Lipinski definition) is 13. The van der Waals surface area contributed by atoms with Gasteiger partial charge in [-0.05, 0) is 120 Å². The standard InChI is InChI=1S/C57H94O28S.Na/c1-21(2)16-26(59)19-57(9,71)34-11-10-29-28-18-32(31-17-27(85-86(72,73)74)12-14-55(31,7)30(28)13-15-56(29,34)8)79-52-45(70)47(38(63)25(6)77-52)82-54-49(84-51-43(68)40(65)36(61)23(4)76-51)44(69)46(33(20-58)80-54)81-53-48(41(66)37(62)24(5)78-53)83-50-42(67)39(64)35(60)22(3)75-50;/h13,21-25,27-29,31-54,58,60-71H,10-12,14-20H2,1-9H3,(H,72,73,74);/q;+1/p-1/t22-,23-,24-,25-,27-,28?,29?,31?,32+,33-,34+,35+,36-,37-,38-,39+,40+,41+,42-,43-,44+,45-,46-,47+,48-,49-,50+,51+,52+,53+,54+,55-,56+,57-;/m1./s1. The van der Waals surface area contributed by atoms with Gasteiger partial charge in [-0.1, -0.05) is 39.3 Å². The van der Waals surface area contributed by atoms with Crippen molar-refractivity contribution < 1.29 is 165 Å². The van der Waals surface area contributed by atoms with Crippen molar-refractivity contribution in [2.45, 2.75) is 291 Å². The molecule has 5 heterocycles. The third-order valence-corrected chi connectivity index (χ3v) is 21.1. The summed E-state index contributed by atoms with van der Waals surface area (Å²) < 4.78 is 103. The van der Waals surface area contributed by atoms with E-state index in [2.05, 4.69) is 19.9 Å². The van der Waals surface area contributed by atoms with Crippen molar-refractivity contribution in [3.05, 3.63) is 11.6 Å². The van der Waals surface area contributed by atoms with Gasteiger partial charge in [0.1, 0.15) is 103 Å². The molecule has 34 atom stereocenters. The third-order valence-electron chi connectivity index (χ3n) is 20.6. The summed E-state index contributed by atoms with van der Waals surface area (Å²) in [6, 6.07) is 0. The zero-order valence-electron chi connectivity index (χ0n) is 51.0. The maximum Gasteiger partial charge on any atom is 1.00 e. The number of Topliss-reactive ketones (excluding diaryl/α,β-unsaturated/α-hetero) is 1. The van der Waals surface area contributed by atoms with Gasteiger partial charge in [-0.3, -0.25) is 8.98 Å². The van der Waals surface area contributed by atoms with Crippen molar-refractivity contribution in [2.24, 2.45) is 40.4 Å². The van der Waals surface area contributed by atoms with E-state index in [1.807, 2.05) is 13.8 Å². The number of fused-ring (bicyclic) bond motifs is 5. The van der Waals surface area contributed by atoms with Gasteiger partial charge >= 0.3 is 29.6 Å². The fourth-order valence-corrected chi connectivity index (χ4v) is 16.5. The predicted molar refractivity (Wildman–Crippen MR) is 288 cm³/mol. The van der Waals surface area contributed by atoms with Gasteiger partial charge in [-0.15, -0.1) is 0 Å². The molecule has 28 nitrogen and oxygen atoms in total. The van der Waals surface area contributed by atoms with Gasteiger partial charge in [0.25, 0.3) is 0 Å². The fraction of sp³-hybridized carbons (Fsp3) is 0.947. The van der Waals surface area contributed by atoms with Crippen molar-refractivity contribution >= 4 is 16.2 Å². The first-order valence-electron chi connectivity index (χ1n) is 30.3. The van der Waals surface area contributed by atoms with Gasteiger partial charge in [0.05, 0.1) is 48.8 Å². The Balaban J connectivity index is 0.00000982. The molecule has 87 heavy (non-hydrogen) atoms. The van der Waals surface area contributed by atoms with E-state index < -0.39 is 205 Å². The Morgan fingerprint density at radius 2 is 1.13 bits per heavy atom. The minimum absolute atomic E-state index is 0. The van der Waals surface area contributed by atoms with Crippen LogP contribution in [0.5, 0.6) is 0 Å². The number of carbonyl (C=O) groups is 1. The molecule has 9 aliphatic rings. The molecule has 0 aromatic rings. The van der Waals surface area contributed by atoms with E-state index >= 15 is 0 Å². The molecule has 8 fully saturated rings. The van der Waals surface area contributed by atoms with Crippen molar-refractivity contribution in [3.8, 4) is 0 Å². The summed E-state index contributed by atoms with van der Waals surface area (Å²) in [7, 11) is -5.15. The molecule has 0 bridgehead atoms. The van der Waals surface area contributed by atoms with E-state index in [-0.39, 0.29) is 78.3 Å². The molecule has 5 aliphatic heterocycles. The Hall–Kier alpha value is -0.640. The molecule has 0 amide bonds. The van der Waals surface area contributed by atoms with Gasteiger partial charge < -0.3 is 118 Å². The monoisotopic (exact) mass is 1280 g/mol. The van der Waals surface area contributed by atoms with Gasteiger partial charge in [-0.2, -0.15) is 0 Å². The van der Waals surface area contributed by atoms with Gasteiger partial charge in [0.15, 0.2) is 31.5 Å². The van der Waals surface area contributed by atoms with E-state index in [1.165, 1.54) is 27.7 Å². The summed E-state index contributed by atoms with van der Waals surface area (Å²) >= 11 is 0. The van der Waals surface area contributed by atoms with Crippen LogP contribution in [0.15, 0.2) is 11.6 Å². The summed E-state index contributed by atoms with van der Waals surface area (Å²) in [5.41, 5.74) is -1.35. The zero-order valence-corrected chi connectivity index (χ0v) is 53.8. The average molecular weight is 1280 g/mol. The zero-order chi connectivity index (χ0) is 63.2. The Bertz CT molecular complexity index is 2460. The molecule has 496 valence electrons. The smallest absolute Gasteiger partial charge is 0.726 e. The van der Waals surface area contributed by atoms with Crippen LogP contribution in [0.3, 0.4) is 0 Å². The topological polar surface area (TPSA) is 439 Å². The number of aliphatic hydroxyl groups excluding tert-OH is 12. The van der Waals surface area contributed by atoms with Gasteiger partial charge in [-0.25, -0.2) is 8.42 Å². The summed E-state index contributed by atoms with van der Waals surface area (Å²) in [6.45, 7) is 14.4. The van der Waals surface area contributed by atoms with E-state index in [0.29, 0.717) is 38.5 Å². The molecule has 0 aromatic heterocycles. The number of ether oxygens (including phenoxy) is 10. The molecule has 5 saturated heterocycles. The Kier molecular flexibility index (Phi) is 23.2. The molecule has 0 spiro atoms. The molecule has 0 radical (unpaired) electrons. The SMILES string of the molecule is CC(C)CC(=O)C[C@@](C)(O)[C@H]1CCC2C3C[C@H](O[C@@H]4O[C@H](C)[C@@H](O)[C@H](O[C@@H]5O[C@H](CO)[C@@H](O[C@@H]6O[C@H](C)[C@@H](O)[C@H](O)[C@H]6O[C@@H]6O[C@H](C)[C@H](O)[C@H](O)[C@H]6O)[C@H](O)[C@H]5O[C@@H]5O[C@H](C)[C@@H](O)[C@H](O)[C@H]5O)[C@H]4O)C4C[C@H](OS(=O)(=O)[O-])CC[C@]4(C)C3=CC[C@@]21C.[Na+]. The second kappa shape index (κ2) is 28.0. The molecule has 4 aliphatic carbocycles. The summed E-state index contributed by atoms with van der Waals surface area (Å²) in [4.78, 5) is 13.2. The molecule has 3 saturated carbocycles. The summed E-state index contributed by atoms with van der Waals surface area (Å²) in [5.74, 6) is -0.926. The molecule has 0 aromatic carbocycles. The van der Waals surface area contributed by atoms with Crippen molar-refractivity contribution in [1.29, 1.82) is 0 Å². The van der Waals surface area contributed by atoms with Crippen LogP contribution >= 0.6 is 0 Å². The van der Waals surface area contributed by atoms with Gasteiger partial charge in [0.2, 0.25) is 10.4 Å². The van der Waals surface area contributed by atoms with Crippen molar-refractivity contribution in [1.82, 2.24) is 0 Å². The number of hydrogen-bond acceptors (Lipinski definition) is 28. The fourth-order valence-electron chi connectivity index (χ4n) is 16.0. The van der Waals surface area contributed by atoms with Crippen LogP contribution in [0.2, 0.25) is 0 Å². The van der Waals surface area contributed by atoms with E-state index in [1.54, 1.807) is 6.92 Å². The second-order valence-electron chi connectivity index (χ2n) is 27.1. The maximum atomic E-state index is 13.2. The van der Waals surface area contributed by atoms with Crippen LogP contribution in [0.1, 0.15) is 120 Å². The van der Waals surface area contributed by atoms with Crippen LogP contribution in [0.4, 0.5) is 0 Å². The van der Waals surface area contributed by atoms with Crippen LogP contribution < -0.4 is 29.6 Å². The number of carbonyl (C=O) groups excluding carboxylic acids is 1. The maximum absolute atomic E-state index is 13.2. The van der Waals surface area contributed by atoms with E-state index in [9.17, 15) is 84.1 Å². The minimum Gasteiger partial charge on any atom is -0.726 e. The number of allylic oxidation sites excluding steroid dienone is 2. The van der Waals surface area contributed by atoms with Crippen LogP contribution in [0, 0.1) is 40.4 Å². The molecule has 30 heteroatoms. The Labute approximate surface area is 528 Å². The molecule has 13 N–H and O–H groups in total. The molecule has 3 unspecified atom stereocenters. The third kappa shape index (κ3) is 14.5. The van der Waals surface area contributed by atoms with Crippen molar-refractivity contribution in [3.63, 3.8) is 0 Å². The number of rotatable bonds is 18. The average Bonchev–Trinajstić information content (AvgIpc) is 1.70. The Morgan fingerprint density at radius 1 is 0.632 bits per heavy atom. The van der Waals surface area contributed by atoms with Crippen LogP contribution in [-0.2, 0) is 66.7 Å². The Morgan fingerprint density at radius 3 is 1.68 bits per heavy atom. The molecular formula is C57H93NaO28S. The first-order valence-corrected chi connectivity index (χ1v) is 31.7. The van der Waals surface area contributed by atoms with E-state index in [0.717, 1.165) is 5.57 Å². The number of ketones is 1. The van der Waals surface area contributed by atoms with Crippen LogP contribution in [0.25, 0.3) is 0 Å². The second-order valence-corrected chi connectivity index (χ2v) is 28.1. The summed E-state index contributed by atoms with van der Waals surface area (Å²) in [6.07, 6.45) is -39.5. The number of aliphatic hydroxyl groups is 13. The largest absolute Gasteiger partial charge is 1.00 e. The molecular weight excluding hydrogens is 1190 g/mol. The molecule has 9 rings (SSSR count). The first kappa shape index (κ1) is 72.2. The quantitative estimate of drug-likeness (QED) is 0.0263. The van der Waals surface area contributed by atoms with Crippen molar-refractivity contribution in [2.75, 3.05) is 6.61 Å². The normalized spacial score (nSPS) is 51.1. The summed E-state index contributed by atoms with van der Waals surface area (Å²) in [5, 5.41) is 147.